The molecule has 3 rings (SSSR count). The number of hydrogen-bond acceptors (Lipinski definition) is 3. The fourth-order valence-electron chi connectivity index (χ4n) is 1.88. The van der Waals surface area contributed by atoms with Gasteiger partial charge in [-0.3, -0.25) is 0 Å². The Morgan fingerprint density at radius 1 is 1.00 bits per heavy atom. The number of aromatic nitrogens is 4. The largest absolute Gasteiger partial charge is 0.310 e. The number of aryl methyl sites for hydroxylation is 2. The molecule has 17 heavy (non-hydrogen) atoms. The fraction of sp³-hybridized carbons (Fsp3) is 0.154. The minimum absolute atomic E-state index is 0.686. The van der Waals surface area contributed by atoms with Crippen molar-refractivity contribution in [2.45, 2.75) is 6.92 Å². The van der Waals surface area contributed by atoms with Crippen LogP contribution in [-0.2, 0) is 7.05 Å². The highest BCUT2D eigenvalue weighted by Crippen LogP contribution is 2.21. The molecular weight excluding hydrogens is 212 g/mol. The average molecular weight is 224 g/mol. The Morgan fingerprint density at radius 2 is 1.71 bits per heavy atom. The van der Waals surface area contributed by atoms with E-state index in [1.54, 1.807) is 12.4 Å². The summed E-state index contributed by atoms with van der Waals surface area (Å²) >= 11 is 0. The van der Waals surface area contributed by atoms with Crippen LogP contribution < -0.4 is 0 Å². The maximum absolute atomic E-state index is 4.50. The van der Waals surface area contributed by atoms with Gasteiger partial charge in [0.25, 0.3) is 0 Å². The summed E-state index contributed by atoms with van der Waals surface area (Å²) in [6.45, 7) is 2.07. The van der Waals surface area contributed by atoms with Crippen molar-refractivity contribution in [2.75, 3.05) is 0 Å². The van der Waals surface area contributed by atoms with Crippen LogP contribution in [0.15, 0.2) is 36.7 Å². The molecular formula is C13H12N4. The Labute approximate surface area is 99.0 Å². The van der Waals surface area contributed by atoms with Gasteiger partial charge in [-0.05, 0) is 6.92 Å². The summed E-state index contributed by atoms with van der Waals surface area (Å²) in [6, 6.07) is 8.29. The van der Waals surface area contributed by atoms with E-state index in [1.165, 1.54) is 5.56 Å². The molecule has 0 spiro atoms. The second-order valence-electron chi connectivity index (χ2n) is 4.06. The lowest BCUT2D eigenvalue weighted by atomic mass is 10.1. The SMILES string of the molecule is Cc1ccc(-c2nc3nccnc3n2C)cc1. The smallest absolute Gasteiger partial charge is 0.197 e. The van der Waals surface area contributed by atoms with Gasteiger partial charge in [-0.1, -0.05) is 29.8 Å². The van der Waals surface area contributed by atoms with E-state index in [1.807, 2.05) is 11.6 Å². The molecule has 2 heterocycles. The predicted molar refractivity (Wildman–Crippen MR) is 66.5 cm³/mol. The molecule has 0 fully saturated rings. The third-order valence-electron chi connectivity index (χ3n) is 2.82. The van der Waals surface area contributed by atoms with E-state index in [4.69, 9.17) is 0 Å². The summed E-state index contributed by atoms with van der Waals surface area (Å²) in [4.78, 5) is 13.0. The van der Waals surface area contributed by atoms with E-state index < -0.39 is 0 Å². The van der Waals surface area contributed by atoms with Crippen molar-refractivity contribution < 1.29 is 0 Å². The minimum Gasteiger partial charge on any atom is -0.310 e. The van der Waals surface area contributed by atoms with Gasteiger partial charge in [-0.15, -0.1) is 0 Å². The molecule has 84 valence electrons. The maximum atomic E-state index is 4.50. The van der Waals surface area contributed by atoms with Gasteiger partial charge in [0.05, 0.1) is 0 Å². The molecule has 0 unspecified atom stereocenters. The van der Waals surface area contributed by atoms with Crippen LogP contribution in [-0.4, -0.2) is 19.5 Å². The zero-order valence-corrected chi connectivity index (χ0v) is 9.75. The minimum atomic E-state index is 0.686. The second kappa shape index (κ2) is 3.66. The molecule has 3 aromatic rings. The van der Waals surface area contributed by atoms with Gasteiger partial charge in [-0.2, -0.15) is 0 Å². The van der Waals surface area contributed by atoms with Crippen molar-refractivity contribution in [3.63, 3.8) is 0 Å². The normalized spacial score (nSPS) is 10.9. The quantitative estimate of drug-likeness (QED) is 0.637. The van der Waals surface area contributed by atoms with Gasteiger partial charge in [0.15, 0.2) is 11.3 Å². The standard InChI is InChI=1S/C13H12N4/c1-9-3-5-10(6-4-9)12-16-11-13(17(12)2)15-8-7-14-11/h3-8H,1-2H3. The summed E-state index contributed by atoms with van der Waals surface area (Å²) in [7, 11) is 1.96. The van der Waals surface area contributed by atoms with E-state index in [9.17, 15) is 0 Å². The average Bonchev–Trinajstić information content (AvgIpc) is 2.69. The first-order chi connectivity index (χ1) is 8.25. The van der Waals surface area contributed by atoms with Crippen LogP contribution in [0.2, 0.25) is 0 Å². The maximum Gasteiger partial charge on any atom is 0.197 e. The number of hydrogen-bond donors (Lipinski definition) is 0. The lowest BCUT2D eigenvalue weighted by Crippen LogP contribution is -1.93. The second-order valence-corrected chi connectivity index (χ2v) is 4.06. The van der Waals surface area contributed by atoms with Crippen molar-refractivity contribution in [1.82, 2.24) is 19.5 Å². The highest BCUT2D eigenvalue weighted by atomic mass is 15.1. The van der Waals surface area contributed by atoms with Gasteiger partial charge in [0.1, 0.15) is 5.82 Å². The third-order valence-corrected chi connectivity index (χ3v) is 2.82. The topological polar surface area (TPSA) is 43.6 Å². The van der Waals surface area contributed by atoms with E-state index in [-0.39, 0.29) is 0 Å². The molecule has 0 aliphatic heterocycles. The number of imidazole rings is 1. The summed E-state index contributed by atoms with van der Waals surface area (Å²) in [5, 5.41) is 0. The Balaban J connectivity index is 2.24. The first kappa shape index (κ1) is 9.96. The fourth-order valence-corrected chi connectivity index (χ4v) is 1.88. The highest BCUT2D eigenvalue weighted by Gasteiger charge is 2.10. The molecule has 0 aliphatic carbocycles. The molecule has 0 N–H and O–H groups in total. The molecule has 0 saturated carbocycles. The first-order valence-electron chi connectivity index (χ1n) is 5.46. The molecule has 4 nitrogen and oxygen atoms in total. The highest BCUT2D eigenvalue weighted by molar-refractivity contribution is 5.73. The first-order valence-corrected chi connectivity index (χ1v) is 5.46. The van der Waals surface area contributed by atoms with Gasteiger partial charge >= 0.3 is 0 Å². The lowest BCUT2D eigenvalue weighted by molar-refractivity contribution is 0.941. The molecule has 0 saturated heterocycles. The number of benzene rings is 1. The molecule has 1 aromatic carbocycles. The predicted octanol–water partition coefficient (Wildman–Crippen LogP) is 2.34. The van der Waals surface area contributed by atoms with Crippen LogP contribution in [0, 0.1) is 6.92 Å². The Hall–Kier alpha value is -2.23. The van der Waals surface area contributed by atoms with E-state index >= 15 is 0 Å². The zero-order valence-electron chi connectivity index (χ0n) is 9.75. The summed E-state index contributed by atoms with van der Waals surface area (Å²) in [5.41, 5.74) is 3.82. The van der Waals surface area contributed by atoms with E-state index in [0.29, 0.717) is 5.65 Å². The van der Waals surface area contributed by atoms with Crippen LogP contribution in [0.25, 0.3) is 22.7 Å². The van der Waals surface area contributed by atoms with Crippen molar-refractivity contribution in [2.24, 2.45) is 7.05 Å². The van der Waals surface area contributed by atoms with E-state index in [2.05, 4.69) is 46.1 Å². The number of nitrogens with zero attached hydrogens (tertiary/aromatic N) is 4. The van der Waals surface area contributed by atoms with Gasteiger partial charge in [0, 0.05) is 25.0 Å². The molecule has 0 radical (unpaired) electrons. The van der Waals surface area contributed by atoms with Crippen LogP contribution in [0.4, 0.5) is 0 Å². The number of rotatable bonds is 1. The van der Waals surface area contributed by atoms with Crippen molar-refractivity contribution in [3.05, 3.63) is 42.2 Å². The Morgan fingerprint density at radius 3 is 2.41 bits per heavy atom. The van der Waals surface area contributed by atoms with Crippen molar-refractivity contribution >= 4 is 11.3 Å². The molecule has 0 bridgehead atoms. The van der Waals surface area contributed by atoms with Gasteiger partial charge < -0.3 is 4.57 Å². The Bertz CT molecular complexity index is 667. The van der Waals surface area contributed by atoms with Gasteiger partial charge in [-0.25, -0.2) is 15.0 Å². The molecule has 4 heteroatoms. The Kier molecular flexibility index (Phi) is 2.14. The summed E-state index contributed by atoms with van der Waals surface area (Å²) < 4.78 is 1.97. The molecule has 2 aromatic heterocycles. The zero-order chi connectivity index (χ0) is 11.8. The van der Waals surface area contributed by atoms with Gasteiger partial charge in [0.2, 0.25) is 0 Å². The molecule has 0 atom stereocenters. The third kappa shape index (κ3) is 1.58. The summed E-state index contributed by atoms with van der Waals surface area (Å²) in [5.74, 6) is 0.895. The van der Waals surface area contributed by atoms with Crippen molar-refractivity contribution in [1.29, 1.82) is 0 Å². The molecule has 0 aliphatic rings. The number of fused-ring (bicyclic) bond motifs is 1. The van der Waals surface area contributed by atoms with E-state index in [0.717, 1.165) is 17.0 Å². The van der Waals surface area contributed by atoms with Crippen LogP contribution in [0.3, 0.4) is 0 Å². The molecule has 0 amide bonds. The van der Waals surface area contributed by atoms with Crippen LogP contribution in [0.1, 0.15) is 5.56 Å². The monoisotopic (exact) mass is 224 g/mol. The summed E-state index contributed by atoms with van der Waals surface area (Å²) in [6.07, 6.45) is 3.34. The van der Waals surface area contributed by atoms with Crippen LogP contribution >= 0.6 is 0 Å². The lowest BCUT2D eigenvalue weighted by Gasteiger charge is -2.01. The van der Waals surface area contributed by atoms with Crippen molar-refractivity contribution in [3.8, 4) is 11.4 Å². The van der Waals surface area contributed by atoms with Crippen LogP contribution in [0.5, 0.6) is 0 Å².